The van der Waals surface area contributed by atoms with Crippen LogP contribution in [0.25, 0.3) is 5.95 Å². The van der Waals surface area contributed by atoms with Crippen LogP contribution in [0.1, 0.15) is 30.3 Å². The van der Waals surface area contributed by atoms with Crippen molar-refractivity contribution in [2.75, 3.05) is 5.32 Å². The first-order valence-electron chi connectivity index (χ1n) is 9.26. The van der Waals surface area contributed by atoms with E-state index in [9.17, 15) is 14.4 Å². The Labute approximate surface area is 167 Å². The van der Waals surface area contributed by atoms with Gasteiger partial charge < -0.3 is 10.6 Å². The van der Waals surface area contributed by atoms with Crippen molar-refractivity contribution >= 4 is 17.6 Å². The highest BCUT2D eigenvalue weighted by Crippen LogP contribution is 2.14. The SMILES string of the molecule is CCCc1cc(=O)[nH]c(-n2nc(C)cc2NC(=O)C(=O)NCc2ccccc2)n1. The number of anilines is 1. The first-order chi connectivity index (χ1) is 14.0. The van der Waals surface area contributed by atoms with Crippen LogP contribution in [0.15, 0.2) is 47.3 Å². The molecular formula is C20H22N6O3. The molecule has 3 N–H and O–H groups in total. The standard InChI is InChI=1S/C20H22N6O3/c1-3-7-15-11-17(27)24-20(22-15)26-16(10-13(2)25-26)23-19(29)18(28)21-12-14-8-5-4-6-9-14/h4-6,8-11H,3,7,12H2,1-2H3,(H,21,28)(H,23,29)(H,22,24,27). The summed E-state index contributed by atoms with van der Waals surface area (Å²) in [5.74, 6) is -1.21. The molecule has 150 valence electrons. The lowest BCUT2D eigenvalue weighted by atomic mass is 10.2. The van der Waals surface area contributed by atoms with Crippen molar-refractivity contribution in [1.82, 2.24) is 25.1 Å². The van der Waals surface area contributed by atoms with Crippen LogP contribution in [0.2, 0.25) is 0 Å². The third-order valence-corrected chi connectivity index (χ3v) is 4.06. The highest BCUT2D eigenvalue weighted by Gasteiger charge is 2.18. The predicted molar refractivity (Wildman–Crippen MR) is 108 cm³/mol. The zero-order valence-corrected chi connectivity index (χ0v) is 16.2. The normalized spacial score (nSPS) is 10.6. The molecule has 2 heterocycles. The van der Waals surface area contributed by atoms with Gasteiger partial charge in [-0.2, -0.15) is 9.78 Å². The average molecular weight is 394 g/mol. The second-order valence-corrected chi connectivity index (χ2v) is 6.52. The van der Waals surface area contributed by atoms with Gasteiger partial charge in [0.2, 0.25) is 5.95 Å². The number of nitrogens with one attached hydrogen (secondary N) is 3. The molecule has 0 unspecified atom stereocenters. The summed E-state index contributed by atoms with van der Waals surface area (Å²) in [5.41, 5.74) is 1.78. The summed E-state index contributed by atoms with van der Waals surface area (Å²) in [5, 5.41) is 9.36. The summed E-state index contributed by atoms with van der Waals surface area (Å²) in [4.78, 5) is 43.4. The molecule has 0 spiro atoms. The van der Waals surface area contributed by atoms with E-state index in [2.05, 4.69) is 25.7 Å². The van der Waals surface area contributed by atoms with E-state index in [4.69, 9.17) is 0 Å². The molecule has 9 heteroatoms. The van der Waals surface area contributed by atoms with E-state index in [-0.39, 0.29) is 23.9 Å². The largest absolute Gasteiger partial charge is 0.344 e. The summed E-state index contributed by atoms with van der Waals surface area (Å²) in [7, 11) is 0. The van der Waals surface area contributed by atoms with E-state index in [1.807, 2.05) is 37.3 Å². The summed E-state index contributed by atoms with van der Waals surface area (Å²) in [6.45, 7) is 3.95. The van der Waals surface area contributed by atoms with Crippen LogP contribution in [0, 0.1) is 6.92 Å². The van der Waals surface area contributed by atoms with Crippen molar-refractivity contribution in [1.29, 1.82) is 0 Å². The van der Waals surface area contributed by atoms with Gasteiger partial charge in [0.25, 0.3) is 5.56 Å². The molecule has 0 saturated carbocycles. The molecule has 0 aliphatic heterocycles. The molecule has 0 bridgehead atoms. The Bertz CT molecular complexity index is 1070. The van der Waals surface area contributed by atoms with Crippen LogP contribution in [0.3, 0.4) is 0 Å². The van der Waals surface area contributed by atoms with Gasteiger partial charge in [0.05, 0.1) is 5.69 Å². The Morgan fingerprint density at radius 1 is 1.14 bits per heavy atom. The zero-order chi connectivity index (χ0) is 20.8. The van der Waals surface area contributed by atoms with Crippen molar-refractivity contribution in [3.8, 4) is 5.95 Å². The second-order valence-electron chi connectivity index (χ2n) is 6.52. The zero-order valence-electron chi connectivity index (χ0n) is 16.2. The fourth-order valence-electron chi connectivity index (χ4n) is 2.76. The third kappa shape index (κ3) is 5.16. The number of benzene rings is 1. The van der Waals surface area contributed by atoms with Crippen molar-refractivity contribution < 1.29 is 9.59 Å². The summed E-state index contributed by atoms with van der Waals surface area (Å²) in [6.07, 6.45) is 1.47. The Balaban J connectivity index is 1.76. The number of hydrogen-bond acceptors (Lipinski definition) is 5. The maximum Gasteiger partial charge on any atom is 0.314 e. The summed E-state index contributed by atoms with van der Waals surface area (Å²) >= 11 is 0. The average Bonchev–Trinajstić information content (AvgIpc) is 3.07. The first-order valence-corrected chi connectivity index (χ1v) is 9.26. The molecule has 0 fully saturated rings. The molecule has 0 aliphatic carbocycles. The van der Waals surface area contributed by atoms with Crippen molar-refractivity contribution in [3.05, 3.63) is 69.8 Å². The van der Waals surface area contributed by atoms with E-state index in [1.54, 1.807) is 13.0 Å². The molecule has 9 nitrogen and oxygen atoms in total. The maximum atomic E-state index is 12.3. The minimum atomic E-state index is -0.839. The topological polar surface area (TPSA) is 122 Å². The number of carbonyl (C=O) groups is 2. The fraction of sp³-hybridized carbons (Fsp3) is 0.250. The summed E-state index contributed by atoms with van der Waals surface area (Å²) < 4.78 is 1.30. The molecule has 2 aromatic heterocycles. The summed E-state index contributed by atoms with van der Waals surface area (Å²) in [6, 6.07) is 12.3. The van der Waals surface area contributed by atoms with E-state index in [0.717, 1.165) is 12.0 Å². The van der Waals surface area contributed by atoms with Crippen LogP contribution in [-0.4, -0.2) is 31.6 Å². The molecule has 3 rings (SSSR count). The number of carbonyl (C=O) groups excluding carboxylic acids is 2. The molecule has 2 amide bonds. The highest BCUT2D eigenvalue weighted by atomic mass is 16.2. The van der Waals surface area contributed by atoms with Crippen LogP contribution < -0.4 is 16.2 Å². The van der Waals surface area contributed by atoms with Gasteiger partial charge in [0, 0.05) is 24.4 Å². The number of aromatic amines is 1. The number of rotatable bonds is 6. The minimum absolute atomic E-state index is 0.175. The van der Waals surface area contributed by atoms with Crippen LogP contribution in [0.4, 0.5) is 5.82 Å². The molecule has 3 aromatic rings. The van der Waals surface area contributed by atoms with Gasteiger partial charge in [-0.25, -0.2) is 4.98 Å². The van der Waals surface area contributed by atoms with Crippen LogP contribution in [-0.2, 0) is 22.6 Å². The minimum Gasteiger partial charge on any atom is -0.344 e. The molecule has 0 saturated heterocycles. The first kappa shape index (κ1) is 20.0. The van der Waals surface area contributed by atoms with Gasteiger partial charge in [-0.15, -0.1) is 0 Å². The maximum absolute atomic E-state index is 12.3. The van der Waals surface area contributed by atoms with E-state index in [0.29, 0.717) is 17.8 Å². The third-order valence-electron chi connectivity index (χ3n) is 4.06. The lowest BCUT2D eigenvalue weighted by Gasteiger charge is -2.09. The number of aryl methyl sites for hydroxylation is 2. The Kier molecular flexibility index (Phi) is 6.18. The highest BCUT2D eigenvalue weighted by molar-refractivity contribution is 6.39. The van der Waals surface area contributed by atoms with Gasteiger partial charge in [-0.3, -0.25) is 19.4 Å². The van der Waals surface area contributed by atoms with Gasteiger partial charge in [0.1, 0.15) is 5.82 Å². The Morgan fingerprint density at radius 3 is 2.62 bits per heavy atom. The molecule has 0 aliphatic rings. The van der Waals surface area contributed by atoms with E-state index < -0.39 is 11.8 Å². The number of aromatic nitrogens is 4. The Morgan fingerprint density at radius 2 is 1.90 bits per heavy atom. The fourth-order valence-corrected chi connectivity index (χ4v) is 2.76. The van der Waals surface area contributed by atoms with Crippen molar-refractivity contribution in [2.24, 2.45) is 0 Å². The quantitative estimate of drug-likeness (QED) is 0.547. The Hall–Kier alpha value is -3.75. The molecular weight excluding hydrogens is 372 g/mol. The van der Waals surface area contributed by atoms with E-state index in [1.165, 1.54) is 10.7 Å². The smallest absolute Gasteiger partial charge is 0.314 e. The molecule has 29 heavy (non-hydrogen) atoms. The lowest BCUT2D eigenvalue weighted by molar-refractivity contribution is -0.136. The molecule has 0 radical (unpaired) electrons. The van der Waals surface area contributed by atoms with Gasteiger partial charge >= 0.3 is 11.8 Å². The second kappa shape index (κ2) is 8.96. The van der Waals surface area contributed by atoms with Gasteiger partial charge in [-0.05, 0) is 18.9 Å². The molecule has 0 atom stereocenters. The van der Waals surface area contributed by atoms with Gasteiger partial charge in [0.15, 0.2) is 0 Å². The van der Waals surface area contributed by atoms with Crippen molar-refractivity contribution in [3.63, 3.8) is 0 Å². The van der Waals surface area contributed by atoms with E-state index >= 15 is 0 Å². The molecule has 1 aromatic carbocycles. The predicted octanol–water partition coefficient (Wildman–Crippen LogP) is 1.47. The number of hydrogen-bond donors (Lipinski definition) is 3. The van der Waals surface area contributed by atoms with Gasteiger partial charge in [-0.1, -0.05) is 43.7 Å². The van der Waals surface area contributed by atoms with Crippen LogP contribution in [0.5, 0.6) is 0 Å². The number of H-pyrrole nitrogens is 1. The monoisotopic (exact) mass is 394 g/mol. The number of nitrogens with zero attached hydrogens (tertiary/aromatic N) is 3. The van der Waals surface area contributed by atoms with Crippen LogP contribution >= 0.6 is 0 Å². The van der Waals surface area contributed by atoms with Crippen molar-refractivity contribution in [2.45, 2.75) is 33.2 Å². The number of amides is 2. The lowest BCUT2D eigenvalue weighted by Crippen LogP contribution is -2.35.